The van der Waals surface area contributed by atoms with Crippen molar-refractivity contribution in [1.29, 1.82) is 0 Å². The topological polar surface area (TPSA) is 63.7 Å². The van der Waals surface area contributed by atoms with E-state index in [4.69, 9.17) is 4.74 Å². The van der Waals surface area contributed by atoms with Crippen molar-refractivity contribution in [3.63, 3.8) is 0 Å². The van der Waals surface area contributed by atoms with Crippen LogP contribution < -0.4 is 4.74 Å². The Labute approximate surface area is 165 Å². The molecule has 1 fully saturated rings. The zero-order chi connectivity index (χ0) is 20.3. The largest absolute Gasteiger partial charge is 0.491 e. The first-order valence-corrected chi connectivity index (χ1v) is 11.1. The molecule has 0 spiro atoms. The fourth-order valence-electron chi connectivity index (χ4n) is 3.33. The van der Waals surface area contributed by atoms with Crippen molar-refractivity contribution < 1.29 is 22.3 Å². The van der Waals surface area contributed by atoms with E-state index in [9.17, 15) is 17.6 Å². The van der Waals surface area contributed by atoms with E-state index in [1.165, 1.54) is 17.0 Å². The third-order valence-corrected chi connectivity index (χ3v) is 6.38. The summed E-state index contributed by atoms with van der Waals surface area (Å²) in [7, 11) is -3.16. The zero-order valence-electron chi connectivity index (χ0n) is 16.0. The van der Waals surface area contributed by atoms with E-state index in [2.05, 4.69) is 0 Å². The molecule has 2 aromatic carbocycles. The van der Waals surface area contributed by atoms with Gasteiger partial charge in [-0.05, 0) is 62.2 Å². The second kappa shape index (κ2) is 8.31. The zero-order valence-corrected chi connectivity index (χ0v) is 16.8. The van der Waals surface area contributed by atoms with Crippen molar-refractivity contribution >= 4 is 15.7 Å². The van der Waals surface area contributed by atoms with Crippen molar-refractivity contribution in [1.82, 2.24) is 4.90 Å². The van der Waals surface area contributed by atoms with Gasteiger partial charge >= 0.3 is 0 Å². The molecular formula is C21H24FNO4S. The molecule has 1 aliphatic heterocycles. The van der Waals surface area contributed by atoms with Crippen molar-refractivity contribution in [2.75, 3.05) is 11.5 Å². The monoisotopic (exact) mass is 405 g/mol. The number of halogens is 1. The number of ether oxygens (including phenoxy) is 1. The first kappa shape index (κ1) is 20.3. The predicted molar refractivity (Wildman–Crippen MR) is 106 cm³/mol. The number of nitrogens with zero attached hydrogens (tertiary/aromatic N) is 1. The summed E-state index contributed by atoms with van der Waals surface area (Å²) in [5.74, 6) is -0.0118. The van der Waals surface area contributed by atoms with E-state index < -0.39 is 15.9 Å². The van der Waals surface area contributed by atoms with E-state index in [-0.39, 0.29) is 35.9 Å². The first-order valence-electron chi connectivity index (χ1n) is 9.26. The Morgan fingerprint density at radius 3 is 2.50 bits per heavy atom. The fraction of sp³-hybridized carbons (Fsp3) is 0.381. The third kappa shape index (κ3) is 5.10. The predicted octanol–water partition coefficient (Wildman–Crippen LogP) is 3.44. The van der Waals surface area contributed by atoms with Gasteiger partial charge in [-0.25, -0.2) is 12.8 Å². The number of rotatable bonds is 6. The summed E-state index contributed by atoms with van der Waals surface area (Å²) in [5.41, 5.74) is 1.06. The minimum atomic E-state index is -3.16. The van der Waals surface area contributed by atoms with Crippen LogP contribution in [-0.2, 0) is 16.4 Å². The highest BCUT2D eigenvalue weighted by Gasteiger charge is 2.35. The highest BCUT2D eigenvalue weighted by atomic mass is 32.2. The number of carbonyl (C=O) groups is 1. The third-order valence-electron chi connectivity index (χ3n) is 4.63. The normalized spacial score (nSPS) is 18.2. The summed E-state index contributed by atoms with van der Waals surface area (Å²) < 4.78 is 43.1. The second-order valence-corrected chi connectivity index (χ2v) is 9.54. The van der Waals surface area contributed by atoms with Gasteiger partial charge in [0.15, 0.2) is 9.84 Å². The molecule has 1 saturated heterocycles. The Hall–Kier alpha value is -2.41. The lowest BCUT2D eigenvalue weighted by atomic mass is 10.1. The van der Waals surface area contributed by atoms with Crippen molar-refractivity contribution in [2.24, 2.45) is 0 Å². The molecule has 3 rings (SSSR count). The molecule has 1 heterocycles. The number of sulfone groups is 1. The van der Waals surface area contributed by atoms with Crippen LogP contribution in [0.5, 0.6) is 5.75 Å². The molecule has 1 atom stereocenters. The molecule has 28 heavy (non-hydrogen) atoms. The molecule has 2 aromatic rings. The maximum absolute atomic E-state index is 13.6. The van der Waals surface area contributed by atoms with Crippen molar-refractivity contribution in [3.05, 3.63) is 65.5 Å². The average Bonchev–Trinajstić information content (AvgIpc) is 2.99. The Morgan fingerprint density at radius 1 is 1.21 bits per heavy atom. The van der Waals surface area contributed by atoms with Gasteiger partial charge < -0.3 is 9.64 Å². The lowest BCUT2D eigenvalue weighted by Gasteiger charge is -2.28. The number of amides is 1. The SMILES string of the molecule is CC(C)Oc1ccc(C(=O)N(Cc2cccc(F)c2)C2CCS(=O)(=O)C2)cc1. The molecular weight excluding hydrogens is 381 g/mol. The molecule has 150 valence electrons. The molecule has 0 saturated carbocycles. The highest BCUT2D eigenvalue weighted by molar-refractivity contribution is 7.91. The van der Waals surface area contributed by atoms with Gasteiger partial charge in [0, 0.05) is 18.2 Å². The van der Waals surface area contributed by atoms with Crippen LogP contribution in [0.1, 0.15) is 36.2 Å². The fourth-order valence-corrected chi connectivity index (χ4v) is 5.06. The Balaban J connectivity index is 1.86. The average molecular weight is 405 g/mol. The highest BCUT2D eigenvalue weighted by Crippen LogP contribution is 2.24. The van der Waals surface area contributed by atoms with Crippen LogP contribution in [0.3, 0.4) is 0 Å². The van der Waals surface area contributed by atoms with E-state index in [0.717, 1.165) is 0 Å². The van der Waals surface area contributed by atoms with E-state index >= 15 is 0 Å². The van der Waals surface area contributed by atoms with Gasteiger partial charge in [0.05, 0.1) is 17.6 Å². The molecule has 1 amide bonds. The van der Waals surface area contributed by atoms with Gasteiger partial charge in [-0.3, -0.25) is 4.79 Å². The van der Waals surface area contributed by atoms with Crippen molar-refractivity contribution in [3.8, 4) is 5.75 Å². The van der Waals surface area contributed by atoms with Crippen LogP contribution >= 0.6 is 0 Å². The maximum Gasteiger partial charge on any atom is 0.254 e. The van der Waals surface area contributed by atoms with Gasteiger partial charge in [-0.15, -0.1) is 0 Å². The molecule has 0 N–H and O–H groups in total. The Morgan fingerprint density at radius 2 is 1.93 bits per heavy atom. The molecule has 7 heteroatoms. The lowest BCUT2D eigenvalue weighted by Crippen LogP contribution is -2.40. The standard InChI is InChI=1S/C21H24FNO4S/c1-15(2)27-20-8-6-17(7-9-20)21(24)23(19-10-11-28(25,26)14-19)13-16-4-3-5-18(22)12-16/h3-9,12,15,19H,10-11,13-14H2,1-2H3. The number of carbonyl (C=O) groups excluding carboxylic acids is 1. The van der Waals surface area contributed by atoms with Gasteiger partial charge in [0.2, 0.25) is 0 Å². The number of hydrogen-bond acceptors (Lipinski definition) is 4. The molecule has 0 bridgehead atoms. The number of hydrogen-bond donors (Lipinski definition) is 0. The number of benzene rings is 2. The molecule has 1 unspecified atom stereocenters. The van der Waals surface area contributed by atoms with Gasteiger partial charge in [0.25, 0.3) is 5.91 Å². The van der Waals surface area contributed by atoms with E-state index in [1.807, 2.05) is 13.8 Å². The first-order chi connectivity index (χ1) is 13.2. The van der Waals surface area contributed by atoms with Crippen LogP contribution in [0.2, 0.25) is 0 Å². The van der Waals surface area contributed by atoms with E-state index in [0.29, 0.717) is 23.3 Å². The second-order valence-electron chi connectivity index (χ2n) is 7.31. The van der Waals surface area contributed by atoms with Crippen LogP contribution in [0.25, 0.3) is 0 Å². The van der Waals surface area contributed by atoms with Gasteiger partial charge in [-0.2, -0.15) is 0 Å². The van der Waals surface area contributed by atoms with Crippen LogP contribution in [0, 0.1) is 5.82 Å². The van der Waals surface area contributed by atoms with Crippen molar-refractivity contribution in [2.45, 2.75) is 39.0 Å². The van der Waals surface area contributed by atoms with Gasteiger partial charge in [-0.1, -0.05) is 12.1 Å². The minimum Gasteiger partial charge on any atom is -0.491 e. The smallest absolute Gasteiger partial charge is 0.254 e. The Kier molecular flexibility index (Phi) is 6.03. The van der Waals surface area contributed by atoms with Crippen LogP contribution in [0.15, 0.2) is 48.5 Å². The minimum absolute atomic E-state index is 0.0229. The quantitative estimate of drug-likeness (QED) is 0.739. The summed E-state index contributed by atoms with van der Waals surface area (Å²) in [6.45, 7) is 3.99. The molecule has 1 aliphatic rings. The maximum atomic E-state index is 13.6. The van der Waals surface area contributed by atoms with Crippen LogP contribution in [0.4, 0.5) is 4.39 Å². The Bertz CT molecular complexity index is 941. The summed E-state index contributed by atoms with van der Waals surface area (Å²) in [6.07, 6.45) is 0.410. The lowest BCUT2D eigenvalue weighted by molar-refractivity contribution is 0.0680. The summed E-state index contributed by atoms with van der Waals surface area (Å²) in [4.78, 5) is 14.7. The van der Waals surface area contributed by atoms with Crippen LogP contribution in [-0.4, -0.2) is 42.9 Å². The molecule has 0 radical (unpaired) electrons. The molecule has 0 aliphatic carbocycles. The van der Waals surface area contributed by atoms with E-state index in [1.54, 1.807) is 36.4 Å². The van der Waals surface area contributed by atoms with Gasteiger partial charge in [0.1, 0.15) is 11.6 Å². The summed E-state index contributed by atoms with van der Waals surface area (Å²) >= 11 is 0. The summed E-state index contributed by atoms with van der Waals surface area (Å²) in [6, 6.07) is 12.4. The molecule has 0 aromatic heterocycles. The summed E-state index contributed by atoms with van der Waals surface area (Å²) in [5, 5.41) is 0. The molecule has 5 nitrogen and oxygen atoms in total.